The van der Waals surface area contributed by atoms with Crippen LogP contribution in [0, 0.1) is 0 Å². The normalized spacial score (nSPS) is 17.6. The molecule has 4 heterocycles. The van der Waals surface area contributed by atoms with Gasteiger partial charge in [0.2, 0.25) is 0 Å². The van der Waals surface area contributed by atoms with E-state index in [0.29, 0.717) is 5.92 Å². The molecule has 1 aromatic carbocycles. The smallest absolute Gasteiger partial charge is 0.157 e. The zero-order valence-corrected chi connectivity index (χ0v) is 17.5. The third-order valence-corrected chi connectivity index (χ3v) is 5.98. The molecular formula is C24H28N6. The number of rotatable bonds is 6. The van der Waals surface area contributed by atoms with Gasteiger partial charge in [0.15, 0.2) is 5.65 Å². The minimum atomic E-state index is 0.483. The molecule has 0 unspecified atom stereocenters. The molecule has 30 heavy (non-hydrogen) atoms. The van der Waals surface area contributed by atoms with E-state index in [2.05, 4.69) is 58.4 Å². The maximum Gasteiger partial charge on any atom is 0.157 e. The van der Waals surface area contributed by atoms with Crippen LogP contribution in [0.15, 0.2) is 61.1 Å². The van der Waals surface area contributed by atoms with Crippen LogP contribution < -0.4 is 0 Å². The number of pyridine rings is 1. The Bertz CT molecular complexity index is 1100. The molecule has 3 aromatic heterocycles. The highest BCUT2D eigenvalue weighted by atomic mass is 15.3. The Kier molecular flexibility index (Phi) is 5.32. The lowest BCUT2D eigenvalue weighted by molar-refractivity contribution is 0.198. The van der Waals surface area contributed by atoms with Gasteiger partial charge >= 0.3 is 0 Å². The van der Waals surface area contributed by atoms with E-state index in [1.165, 1.54) is 24.1 Å². The van der Waals surface area contributed by atoms with Gasteiger partial charge in [-0.15, -0.1) is 0 Å². The van der Waals surface area contributed by atoms with Crippen molar-refractivity contribution in [3.8, 4) is 5.69 Å². The molecule has 5 rings (SSSR count). The molecule has 1 saturated heterocycles. The van der Waals surface area contributed by atoms with Gasteiger partial charge in [0.1, 0.15) is 0 Å². The number of benzene rings is 1. The first-order valence-electron chi connectivity index (χ1n) is 10.9. The van der Waals surface area contributed by atoms with Crippen LogP contribution in [-0.2, 0) is 13.1 Å². The lowest BCUT2D eigenvalue weighted by atomic mass is 9.93. The highest BCUT2D eigenvalue weighted by Crippen LogP contribution is 2.28. The van der Waals surface area contributed by atoms with Crippen molar-refractivity contribution in [2.24, 2.45) is 0 Å². The van der Waals surface area contributed by atoms with Gasteiger partial charge in [0.05, 0.1) is 11.9 Å². The van der Waals surface area contributed by atoms with Crippen LogP contribution in [0.5, 0.6) is 0 Å². The summed E-state index contributed by atoms with van der Waals surface area (Å²) < 4.78 is 3.94. The van der Waals surface area contributed by atoms with Crippen LogP contribution in [0.3, 0.4) is 0 Å². The molecule has 4 aromatic rings. The van der Waals surface area contributed by atoms with E-state index in [4.69, 9.17) is 4.98 Å². The molecule has 0 amide bonds. The fourth-order valence-electron chi connectivity index (χ4n) is 4.45. The summed E-state index contributed by atoms with van der Waals surface area (Å²) in [7, 11) is 0. The summed E-state index contributed by atoms with van der Waals surface area (Å²) in [6.07, 6.45) is 9.20. The van der Waals surface area contributed by atoms with Crippen LogP contribution in [0.2, 0.25) is 0 Å². The third kappa shape index (κ3) is 3.87. The predicted molar refractivity (Wildman–Crippen MR) is 119 cm³/mol. The standard InChI is InChI=1S/C24H28N6/c1-2-13-30-24-20(16-26-30)8-11-23(27-24)21-5-3-14-28(18-21)17-19-6-9-22(10-7-19)29-15-4-12-25-29/h4,6-12,15-16,21H,2-3,5,13-14,17-18H2,1H3/t21-/m0/s1. The van der Waals surface area contributed by atoms with Gasteiger partial charge in [0.25, 0.3) is 0 Å². The zero-order valence-electron chi connectivity index (χ0n) is 17.5. The highest BCUT2D eigenvalue weighted by Gasteiger charge is 2.23. The number of nitrogens with zero attached hydrogens (tertiary/aromatic N) is 6. The average Bonchev–Trinajstić information content (AvgIpc) is 3.45. The number of aromatic nitrogens is 5. The van der Waals surface area contributed by atoms with Crippen LogP contribution in [0.4, 0.5) is 0 Å². The Labute approximate surface area is 177 Å². The van der Waals surface area contributed by atoms with E-state index in [1.807, 2.05) is 34.0 Å². The van der Waals surface area contributed by atoms with Gasteiger partial charge in [-0.1, -0.05) is 19.1 Å². The Morgan fingerprint density at radius 1 is 1.07 bits per heavy atom. The molecule has 0 bridgehead atoms. The second-order valence-electron chi connectivity index (χ2n) is 8.21. The van der Waals surface area contributed by atoms with Crippen molar-refractivity contribution in [1.82, 2.24) is 29.4 Å². The largest absolute Gasteiger partial charge is 0.298 e. The van der Waals surface area contributed by atoms with Crippen molar-refractivity contribution in [3.05, 3.63) is 72.3 Å². The van der Waals surface area contributed by atoms with Crippen molar-refractivity contribution in [2.45, 2.75) is 45.2 Å². The molecule has 0 spiro atoms. The fraction of sp³-hybridized carbons (Fsp3) is 0.375. The monoisotopic (exact) mass is 400 g/mol. The van der Waals surface area contributed by atoms with E-state index >= 15 is 0 Å². The number of hydrogen-bond donors (Lipinski definition) is 0. The number of hydrogen-bond acceptors (Lipinski definition) is 4. The minimum Gasteiger partial charge on any atom is -0.298 e. The maximum atomic E-state index is 5.02. The lowest BCUT2D eigenvalue weighted by Gasteiger charge is -2.32. The van der Waals surface area contributed by atoms with Crippen molar-refractivity contribution in [2.75, 3.05) is 13.1 Å². The summed E-state index contributed by atoms with van der Waals surface area (Å²) >= 11 is 0. The molecular weight excluding hydrogens is 372 g/mol. The zero-order chi connectivity index (χ0) is 20.3. The summed E-state index contributed by atoms with van der Waals surface area (Å²) in [5.74, 6) is 0.483. The molecule has 1 aliphatic rings. The molecule has 6 heteroatoms. The maximum absolute atomic E-state index is 5.02. The van der Waals surface area contributed by atoms with Crippen molar-refractivity contribution < 1.29 is 0 Å². The Morgan fingerprint density at radius 2 is 1.97 bits per heavy atom. The van der Waals surface area contributed by atoms with E-state index < -0.39 is 0 Å². The summed E-state index contributed by atoms with van der Waals surface area (Å²) in [4.78, 5) is 7.58. The van der Waals surface area contributed by atoms with E-state index in [0.717, 1.165) is 49.3 Å². The first kappa shape index (κ1) is 19.0. The van der Waals surface area contributed by atoms with Gasteiger partial charge in [-0.25, -0.2) is 14.3 Å². The molecule has 0 saturated carbocycles. The van der Waals surface area contributed by atoms with Crippen molar-refractivity contribution in [3.63, 3.8) is 0 Å². The Hall–Kier alpha value is -2.99. The molecule has 1 fully saturated rings. The second-order valence-corrected chi connectivity index (χ2v) is 8.21. The first-order chi connectivity index (χ1) is 14.8. The minimum absolute atomic E-state index is 0.483. The van der Waals surface area contributed by atoms with Crippen molar-refractivity contribution in [1.29, 1.82) is 0 Å². The van der Waals surface area contributed by atoms with Gasteiger partial charge in [0, 0.05) is 49.0 Å². The number of fused-ring (bicyclic) bond motifs is 1. The van der Waals surface area contributed by atoms with Crippen LogP contribution >= 0.6 is 0 Å². The van der Waals surface area contributed by atoms with Crippen LogP contribution in [0.25, 0.3) is 16.7 Å². The van der Waals surface area contributed by atoms with E-state index in [1.54, 1.807) is 0 Å². The number of likely N-dealkylation sites (tertiary alicyclic amines) is 1. The van der Waals surface area contributed by atoms with E-state index in [-0.39, 0.29) is 0 Å². The van der Waals surface area contributed by atoms with Gasteiger partial charge in [-0.2, -0.15) is 10.2 Å². The molecule has 1 atom stereocenters. The second kappa shape index (κ2) is 8.40. The molecule has 0 N–H and O–H groups in total. The van der Waals surface area contributed by atoms with Crippen LogP contribution in [-0.4, -0.2) is 42.5 Å². The Morgan fingerprint density at radius 3 is 2.77 bits per heavy atom. The number of piperidine rings is 1. The summed E-state index contributed by atoms with van der Waals surface area (Å²) in [5, 5.41) is 9.95. The molecule has 1 aliphatic heterocycles. The quantitative estimate of drug-likeness (QED) is 0.481. The third-order valence-electron chi connectivity index (χ3n) is 5.98. The summed E-state index contributed by atoms with van der Waals surface area (Å²) in [6, 6.07) is 15.1. The number of aryl methyl sites for hydroxylation is 1. The van der Waals surface area contributed by atoms with Gasteiger partial charge in [-0.3, -0.25) is 4.90 Å². The fourth-order valence-corrected chi connectivity index (χ4v) is 4.45. The van der Waals surface area contributed by atoms with Gasteiger partial charge in [-0.05, 0) is 61.7 Å². The lowest BCUT2D eigenvalue weighted by Crippen LogP contribution is -2.34. The molecule has 0 aliphatic carbocycles. The van der Waals surface area contributed by atoms with E-state index in [9.17, 15) is 0 Å². The van der Waals surface area contributed by atoms with Crippen molar-refractivity contribution >= 4 is 11.0 Å². The molecule has 154 valence electrons. The SMILES string of the molecule is CCCn1ncc2ccc([C@H]3CCCN(Cc4ccc(-n5cccn5)cc4)C3)nc21. The van der Waals surface area contributed by atoms with Gasteiger partial charge < -0.3 is 0 Å². The van der Waals surface area contributed by atoms with Crippen LogP contribution in [0.1, 0.15) is 43.4 Å². The summed E-state index contributed by atoms with van der Waals surface area (Å²) in [6.45, 7) is 6.28. The highest BCUT2D eigenvalue weighted by molar-refractivity contribution is 5.74. The first-order valence-corrected chi connectivity index (χ1v) is 10.9. The topological polar surface area (TPSA) is 51.8 Å². The summed E-state index contributed by atoms with van der Waals surface area (Å²) in [5.41, 5.74) is 4.68. The average molecular weight is 401 g/mol. The Balaban J connectivity index is 1.29. The predicted octanol–water partition coefficient (Wildman–Crippen LogP) is 4.41. The molecule has 0 radical (unpaired) electrons. The molecule has 6 nitrogen and oxygen atoms in total.